The fraction of sp³-hybridized carbons (Fsp3) is 0.444. The summed E-state index contributed by atoms with van der Waals surface area (Å²) in [5.41, 5.74) is 0.0545. The highest BCUT2D eigenvalue weighted by molar-refractivity contribution is 7.86. The van der Waals surface area contributed by atoms with Crippen molar-refractivity contribution in [2.75, 3.05) is 19.6 Å². The number of hydrogen-bond donors (Lipinski definition) is 2. The third-order valence-corrected chi connectivity index (χ3v) is 9.61. The first-order chi connectivity index (χ1) is 19.1. The Morgan fingerprint density at radius 2 is 1.95 bits per heavy atom. The van der Waals surface area contributed by atoms with E-state index in [0.717, 1.165) is 55.2 Å². The van der Waals surface area contributed by atoms with Gasteiger partial charge in [0.2, 0.25) is 0 Å². The smallest absolute Gasteiger partial charge is 0.277 e. The van der Waals surface area contributed by atoms with Gasteiger partial charge in [0.05, 0.1) is 23.3 Å². The highest BCUT2D eigenvalue weighted by atomic mass is 32.2. The van der Waals surface area contributed by atoms with Gasteiger partial charge in [-0.3, -0.25) is 9.36 Å². The van der Waals surface area contributed by atoms with Crippen molar-refractivity contribution in [1.82, 2.24) is 19.2 Å². The summed E-state index contributed by atoms with van der Waals surface area (Å²) >= 11 is 0. The Morgan fingerprint density at radius 3 is 2.65 bits per heavy atom. The zero-order valence-corrected chi connectivity index (χ0v) is 22.3. The molecule has 0 amide bonds. The van der Waals surface area contributed by atoms with Gasteiger partial charge in [-0.25, -0.2) is 18.9 Å². The van der Waals surface area contributed by atoms with Crippen LogP contribution in [0.25, 0.3) is 10.9 Å². The lowest BCUT2D eigenvalue weighted by molar-refractivity contribution is 0.0270. The number of nitrogens with two attached hydrogens (primary N) is 1. The van der Waals surface area contributed by atoms with Crippen LogP contribution in [0.3, 0.4) is 0 Å². The third kappa shape index (κ3) is 4.54. The van der Waals surface area contributed by atoms with Gasteiger partial charge in [0, 0.05) is 12.6 Å². The maximum Gasteiger partial charge on any atom is 0.277 e. The molecule has 2 atom stereocenters. The predicted molar refractivity (Wildman–Crippen MR) is 142 cm³/mol. The summed E-state index contributed by atoms with van der Waals surface area (Å²) in [5.74, 6) is -1.32. The minimum atomic E-state index is -4.28. The van der Waals surface area contributed by atoms with Crippen molar-refractivity contribution in [1.29, 1.82) is 5.26 Å². The zero-order valence-electron chi connectivity index (χ0n) is 21.5. The second-order valence-corrected chi connectivity index (χ2v) is 12.4. The second kappa shape index (κ2) is 9.88. The molecule has 3 N–H and O–H groups in total. The largest absolute Gasteiger partial charge is 0.453 e. The monoisotopic (exact) mass is 570 g/mol. The molecular formula is C27H28F2N6O4S. The first-order valence-electron chi connectivity index (χ1n) is 13.2. The normalized spacial score (nSPS) is 23.2. The number of ether oxygens (including phenoxy) is 1. The van der Waals surface area contributed by atoms with E-state index in [9.17, 15) is 27.3 Å². The minimum absolute atomic E-state index is 0.0493. The van der Waals surface area contributed by atoms with Crippen molar-refractivity contribution < 1.29 is 21.9 Å². The number of rotatable bonds is 5. The third-order valence-electron chi connectivity index (χ3n) is 8.55. The Morgan fingerprint density at radius 1 is 1.20 bits per heavy atom. The predicted octanol–water partition coefficient (Wildman–Crippen LogP) is 3.19. The van der Waals surface area contributed by atoms with Crippen LogP contribution < -0.4 is 20.8 Å². The van der Waals surface area contributed by atoms with Gasteiger partial charge < -0.3 is 10.1 Å². The molecule has 1 saturated carbocycles. The van der Waals surface area contributed by atoms with Gasteiger partial charge in [-0.2, -0.15) is 18.0 Å². The number of fused-ring (bicyclic) bond motifs is 1. The number of benzene rings is 2. The van der Waals surface area contributed by atoms with Gasteiger partial charge in [-0.1, -0.05) is 6.07 Å². The highest BCUT2D eigenvalue weighted by Crippen LogP contribution is 2.53. The number of hydrogen-bond acceptors (Lipinski definition) is 7. The van der Waals surface area contributed by atoms with E-state index in [-0.39, 0.29) is 52.2 Å². The fourth-order valence-electron chi connectivity index (χ4n) is 6.46. The van der Waals surface area contributed by atoms with E-state index in [4.69, 9.17) is 9.88 Å². The summed E-state index contributed by atoms with van der Waals surface area (Å²) in [6.45, 7) is 1.78. The van der Waals surface area contributed by atoms with Crippen LogP contribution in [0.15, 0.2) is 41.5 Å². The first kappa shape index (κ1) is 26.8. The molecule has 2 unspecified atom stereocenters. The summed E-state index contributed by atoms with van der Waals surface area (Å²) in [5, 5.41) is 18.8. The van der Waals surface area contributed by atoms with E-state index in [1.807, 2.05) is 6.07 Å². The summed E-state index contributed by atoms with van der Waals surface area (Å²) in [6.07, 6.45) is 3.78. The van der Waals surface area contributed by atoms with Crippen LogP contribution in [-0.2, 0) is 10.2 Å². The molecule has 3 fully saturated rings. The number of nitriles is 1. The van der Waals surface area contributed by atoms with E-state index in [0.29, 0.717) is 5.52 Å². The fourth-order valence-corrected chi connectivity index (χ4v) is 7.38. The Hall–Kier alpha value is -3.44. The average molecular weight is 571 g/mol. The summed E-state index contributed by atoms with van der Waals surface area (Å²) in [4.78, 5) is 17.9. The van der Waals surface area contributed by atoms with Crippen molar-refractivity contribution in [3.63, 3.8) is 0 Å². The molecule has 1 spiro atoms. The molecule has 13 heteroatoms. The van der Waals surface area contributed by atoms with Gasteiger partial charge in [0.25, 0.3) is 15.8 Å². The molecule has 0 radical (unpaired) electrons. The van der Waals surface area contributed by atoms with E-state index >= 15 is 0 Å². The molecule has 3 aromatic rings. The molecule has 2 aromatic carbocycles. The number of aromatic nitrogens is 2. The Bertz CT molecular complexity index is 1690. The number of nitrogens with one attached hydrogen (secondary N) is 1. The van der Waals surface area contributed by atoms with Crippen LogP contribution in [0.5, 0.6) is 11.5 Å². The molecule has 0 bridgehead atoms. The van der Waals surface area contributed by atoms with Crippen molar-refractivity contribution in [2.24, 2.45) is 10.6 Å². The van der Waals surface area contributed by atoms with Crippen LogP contribution >= 0.6 is 0 Å². The standard InChI is InChI=1S/C27H28F2N6O4S/c28-21-5-10-35(40(31,37)38)24(21)18-2-3-22(29)25(20(18)14-30)39-17-1-4-23-19(11-17)26(36)34(15-33-23)16-12-27(13-16)6-8-32-9-7-27/h1-4,11,15-16,21,24,32H,5-10,12-13H2,(H2,31,37,38). The van der Waals surface area contributed by atoms with Crippen LogP contribution in [0.1, 0.15) is 55.3 Å². The quantitative estimate of drug-likeness (QED) is 0.480. The maximum absolute atomic E-state index is 15.0. The number of halogens is 2. The average Bonchev–Trinajstić information content (AvgIpc) is 3.31. The van der Waals surface area contributed by atoms with Gasteiger partial charge in [-0.15, -0.1) is 0 Å². The van der Waals surface area contributed by atoms with Gasteiger partial charge in [0.15, 0.2) is 11.6 Å². The zero-order chi connectivity index (χ0) is 28.2. The summed E-state index contributed by atoms with van der Waals surface area (Å²) in [7, 11) is -4.28. The lowest BCUT2D eigenvalue weighted by Crippen LogP contribution is -2.47. The van der Waals surface area contributed by atoms with Crippen molar-refractivity contribution in [3.05, 3.63) is 64.0 Å². The molecule has 10 nitrogen and oxygen atoms in total. The molecule has 3 heterocycles. The van der Waals surface area contributed by atoms with Crippen molar-refractivity contribution in [2.45, 2.75) is 50.4 Å². The highest BCUT2D eigenvalue weighted by Gasteiger charge is 2.46. The van der Waals surface area contributed by atoms with E-state index in [2.05, 4.69) is 10.3 Å². The van der Waals surface area contributed by atoms with Crippen LogP contribution in [0, 0.1) is 22.6 Å². The minimum Gasteiger partial charge on any atom is -0.453 e. The second-order valence-electron chi connectivity index (χ2n) is 10.9. The molecule has 6 rings (SSSR count). The lowest BCUT2D eigenvalue weighted by Gasteiger charge is -2.50. The maximum atomic E-state index is 15.0. The van der Waals surface area contributed by atoms with Crippen LogP contribution in [0.4, 0.5) is 8.78 Å². The first-order valence-corrected chi connectivity index (χ1v) is 14.7. The Kier molecular flexibility index (Phi) is 6.61. The van der Waals surface area contributed by atoms with Crippen molar-refractivity contribution >= 4 is 21.1 Å². The van der Waals surface area contributed by atoms with E-state index in [1.165, 1.54) is 12.1 Å². The molecule has 1 aromatic heterocycles. The van der Waals surface area contributed by atoms with Crippen LogP contribution in [0.2, 0.25) is 0 Å². The molecule has 3 aliphatic rings. The van der Waals surface area contributed by atoms with Gasteiger partial charge in [0.1, 0.15) is 23.6 Å². The number of alkyl halides is 1. The molecule has 40 heavy (non-hydrogen) atoms. The Balaban J connectivity index is 1.34. The van der Waals surface area contributed by atoms with Crippen LogP contribution in [-0.4, -0.2) is 48.1 Å². The molecule has 2 saturated heterocycles. The number of piperidine rings is 1. The Labute approximate surface area is 229 Å². The van der Waals surface area contributed by atoms with E-state index in [1.54, 1.807) is 17.0 Å². The molecule has 1 aliphatic carbocycles. The molecule has 2 aliphatic heterocycles. The molecule has 210 valence electrons. The topological polar surface area (TPSA) is 143 Å². The van der Waals surface area contributed by atoms with Crippen molar-refractivity contribution in [3.8, 4) is 17.6 Å². The lowest BCUT2D eigenvalue weighted by atomic mass is 9.60. The number of nitrogens with zero attached hydrogens (tertiary/aromatic N) is 4. The van der Waals surface area contributed by atoms with Gasteiger partial charge >= 0.3 is 0 Å². The molecular weight excluding hydrogens is 542 g/mol. The summed E-state index contributed by atoms with van der Waals surface area (Å²) in [6, 6.07) is 7.14. The van der Waals surface area contributed by atoms with Gasteiger partial charge in [-0.05, 0) is 80.4 Å². The summed E-state index contributed by atoms with van der Waals surface area (Å²) < 4.78 is 62.1. The van der Waals surface area contributed by atoms with E-state index < -0.39 is 34.0 Å². The SMILES string of the molecule is N#Cc1c(C2C(F)CCN2S(N)(=O)=O)ccc(F)c1Oc1ccc2ncn(C3CC4(CCNCC4)C3)c(=O)c2c1.